The van der Waals surface area contributed by atoms with E-state index in [2.05, 4.69) is 33.8 Å². The fraction of sp³-hybridized carbons (Fsp3) is 0.294. The molecule has 0 unspecified atom stereocenters. The highest BCUT2D eigenvalue weighted by Crippen LogP contribution is 2.14. The molecule has 0 spiro atoms. The Morgan fingerprint density at radius 3 is 2.70 bits per heavy atom. The van der Waals surface area contributed by atoms with E-state index >= 15 is 0 Å². The van der Waals surface area contributed by atoms with Crippen LogP contribution in [0.15, 0.2) is 41.5 Å². The van der Waals surface area contributed by atoms with Gasteiger partial charge in [-0.15, -0.1) is 0 Å². The molecule has 118 valence electrons. The molecule has 0 aliphatic rings. The summed E-state index contributed by atoms with van der Waals surface area (Å²) in [5.74, 6) is 1.09. The van der Waals surface area contributed by atoms with E-state index in [0.717, 1.165) is 29.9 Å². The lowest BCUT2D eigenvalue weighted by atomic mass is 10.1. The molecule has 0 aliphatic carbocycles. The first kappa shape index (κ1) is 15.1. The van der Waals surface area contributed by atoms with Gasteiger partial charge in [-0.05, 0) is 32.4 Å². The first-order valence-electron chi connectivity index (χ1n) is 7.71. The number of aryl methyl sites for hydroxylation is 1. The zero-order chi connectivity index (χ0) is 16.4. The zero-order valence-corrected chi connectivity index (χ0v) is 13.5. The van der Waals surface area contributed by atoms with Crippen LogP contribution in [-0.2, 0) is 0 Å². The Kier molecular flexibility index (Phi) is 4.06. The maximum atomic E-state index is 12.8. The summed E-state index contributed by atoms with van der Waals surface area (Å²) in [5.41, 5.74) is 0.723. The van der Waals surface area contributed by atoms with Gasteiger partial charge in [-0.2, -0.15) is 14.8 Å². The van der Waals surface area contributed by atoms with Crippen molar-refractivity contribution >= 4 is 16.6 Å². The SMILES string of the molecule is CCN(CC)c1ccnc(-n2ncc3cccc(C)c3c2=O)n1. The molecular weight excluding hydrogens is 290 g/mol. The van der Waals surface area contributed by atoms with E-state index in [1.807, 2.05) is 31.2 Å². The van der Waals surface area contributed by atoms with Crippen molar-refractivity contribution in [2.45, 2.75) is 20.8 Å². The predicted molar refractivity (Wildman–Crippen MR) is 91.2 cm³/mol. The molecule has 1 aromatic carbocycles. The summed E-state index contributed by atoms with van der Waals surface area (Å²) in [7, 11) is 0. The van der Waals surface area contributed by atoms with Crippen LogP contribution >= 0.6 is 0 Å². The van der Waals surface area contributed by atoms with E-state index in [4.69, 9.17) is 0 Å². The number of hydrogen-bond donors (Lipinski definition) is 0. The Hall–Kier alpha value is -2.76. The Bertz CT molecular complexity index is 899. The smallest absolute Gasteiger partial charge is 0.282 e. The van der Waals surface area contributed by atoms with Crippen LogP contribution in [0.3, 0.4) is 0 Å². The van der Waals surface area contributed by atoms with Crippen LogP contribution in [0.5, 0.6) is 0 Å². The first-order valence-corrected chi connectivity index (χ1v) is 7.71. The van der Waals surface area contributed by atoms with Gasteiger partial charge in [0.15, 0.2) is 0 Å². The average molecular weight is 309 g/mol. The molecule has 0 fully saturated rings. The summed E-state index contributed by atoms with van der Waals surface area (Å²) in [6.45, 7) is 7.73. The second-order valence-electron chi connectivity index (χ2n) is 5.29. The topological polar surface area (TPSA) is 63.9 Å². The standard InChI is InChI=1S/C17H19N5O/c1-4-21(5-2)14-9-10-18-17(20-14)22-16(23)15-12(3)7-6-8-13(15)11-19-22/h6-11H,4-5H2,1-3H3. The van der Waals surface area contributed by atoms with E-state index in [9.17, 15) is 4.79 Å². The monoisotopic (exact) mass is 309 g/mol. The Labute approximate surface area is 134 Å². The van der Waals surface area contributed by atoms with Crippen LogP contribution in [0.1, 0.15) is 19.4 Å². The van der Waals surface area contributed by atoms with Crippen molar-refractivity contribution in [1.29, 1.82) is 0 Å². The Balaban J connectivity index is 2.18. The zero-order valence-electron chi connectivity index (χ0n) is 13.5. The van der Waals surface area contributed by atoms with Crippen molar-refractivity contribution in [3.05, 3.63) is 52.6 Å². The van der Waals surface area contributed by atoms with Crippen LogP contribution in [-0.4, -0.2) is 32.8 Å². The van der Waals surface area contributed by atoms with Gasteiger partial charge in [0.1, 0.15) is 5.82 Å². The molecule has 6 heteroatoms. The van der Waals surface area contributed by atoms with Crippen LogP contribution in [0.4, 0.5) is 5.82 Å². The van der Waals surface area contributed by atoms with Gasteiger partial charge in [0, 0.05) is 24.7 Å². The van der Waals surface area contributed by atoms with Gasteiger partial charge >= 0.3 is 0 Å². The minimum Gasteiger partial charge on any atom is -0.357 e. The summed E-state index contributed by atoms with van der Waals surface area (Å²) < 4.78 is 1.27. The van der Waals surface area contributed by atoms with Crippen LogP contribution in [0.2, 0.25) is 0 Å². The summed E-state index contributed by atoms with van der Waals surface area (Å²) in [4.78, 5) is 23.6. The van der Waals surface area contributed by atoms with Gasteiger partial charge in [-0.25, -0.2) is 4.98 Å². The minimum absolute atomic E-state index is 0.197. The van der Waals surface area contributed by atoms with Crippen molar-refractivity contribution in [1.82, 2.24) is 19.7 Å². The Morgan fingerprint density at radius 2 is 1.96 bits per heavy atom. The molecule has 23 heavy (non-hydrogen) atoms. The van der Waals surface area contributed by atoms with E-state index in [1.165, 1.54) is 4.68 Å². The quantitative estimate of drug-likeness (QED) is 0.740. The van der Waals surface area contributed by atoms with Gasteiger partial charge in [0.25, 0.3) is 11.5 Å². The molecule has 3 aromatic rings. The van der Waals surface area contributed by atoms with Gasteiger partial charge in [0.2, 0.25) is 0 Å². The van der Waals surface area contributed by atoms with Gasteiger partial charge in [-0.3, -0.25) is 4.79 Å². The summed E-state index contributed by atoms with van der Waals surface area (Å²) >= 11 is 0. The summed E-state index contributed by atoms with van der Waals surface area (Å²) in [5, 5.41) is 5.71. The molecule has 0 aliphatic heterocycles. The average Bonchev–Trinajstić information content (AvgIpc) is 2.57. The molecule has 0 bridgehead atoms. The number of rotatable bonds is 4. The minimum atomic E-state index is -0.197. The highest BCUT2D eigenvalue weighted by atomic mass is 16.1. The van der Waals surface area contributed by atoms with E-state index in [1.54, 1.807) is 12.4 Å². The largest absolute Gasteiger partial charge is 0.357 e. The molecule has 2 aromatic heterocycles. The van der Waals surface area contributed by atoms with Crippen molar-refractivity contribution in [3.63, 3.8) is 0 Å². The summed E-state index contributed by atoms with van der Waals surface area (Å²) in [6.07, 6.45) is 3.34. The third-order valence-electron chi connectivity index (χ3n) is 3.93. The maximum Gasteiger partial charge on any atom is 0.282 e. The van der Waals surface area contributed by atoms with E-state index < -0.39 is 0 Å². The molecular formula is C17H19N5O. The number of benzene rings is 1. The molecule has 0 atom stereocenters. The van der Waals surface area contributed by atoms with E-state index in [-0.39, 0.29) is 5.56 Å². The van der Waals surface area contributed by atoms with Crippen LogP contribution < -0.4 is 10.5 Å². The van der Waals surface area contributed by atoms with Crippen LogP contribution in [0, 0.1) is 6.92 Å². The molecule has 0 amide bonds. The second-order valence-corrected chi connectivity index (χ2v) is 5.29. The Morgan fingerprint density at radius 1 is 1.17 bits per heavy atom. The lowest BCUT2D eigenvalue weighted by Crippen LogP contribution is -2.26. The molecule has 6 nitrogen and oxygen atoms in total. The number of aromatic nitrogens is 4. The number of hydrogen-bond acceptors (Lipinski definition) is 5. The molecule has 2 heterocycles. The number of anilines is 1. The first-order chi connectivity index (χ1) is 11.2. The summed E-state index contributed by atoms with van der Waals surface area (Å²) in [6, 6.07) is 7.56. The maximum absolute atomic E-state index is 12.8. The highest BCUT2D eigenvalue weighted by Gasteiger charge is 2.12. The number of nitrogens with zero attached hydrogens (tertiary/aromatic N) is 5. The normalized spacial score (nSPS) is 10.9. The molecule has 0 radical (unpaired) electrons. The van der Waals surface area contributed by atoms with Crippen molar-refractivity contribution < 1.29 is 0 Å². The van der Waals surface area contributed by atoms with Crippen molar-refractivity contribution in [3.8, 4) is 5.95 Å². The molecule has 0 saturated carbocycles. The number of fused-ring (bicyclic) bond motifs is 1. The second kappa shape index (κ2) is 6.16. The van der Waals surface area contributed by atoms with Crippen LogP contribution in [0.25, 0.3) is 16.7 Å². The van der Waals surface area contributed by atoms with Crippen molar-refractivity contribution in [2.75, 3.05) is 18.0 Å². The van der Waals surface area contributed by atoms with Gasteiger partial charge < -0.3 is 4.90 Å². The fourth-order valence-corrected chi connectivity index (χ4v) is 2.68. The predicted octanol–water partition coefficient (Wildman–Crippen LogP) is 2.33. The van der Waals surface area contributed by atoms with Crippen molar-refractivity contribution in [2.24, 2.45) is 0 Å². The third-order valence-corrected chi connectivity index (χ3v) is 3.93. The third kappa shape index (κ3) is 2.67. The molecule has 0 saturated heterocycles. The van der Waals surface area contributed by atoms with Gasteiger partial charge in [-0.1, -0.05) is 18.2 Å². The lowest BCUT2D eigenvalue weighted by molar-refractivity contribution is 0.750. The molecule has 3 rings (SSSR count). The molecule has 0 N–H and O–H groups in total. The fourth-order valence-electron chi connectivity index (χ4n) is 2.68. The van der Waals surface area contributed by atoms with E-state index in [0.29, 0.717) is 11.3 Å². The lowest BCUT2D eigenvalue weighted by Gasteiger charge is -2.19. The van der Waals surface area contributed by atoms with Gasteiger partial charge in [0.05, 0.1) is 11.6 Å². The highest BCUT2D eigenvalue weighted by molar-refractivity contribution is 5.83.